The largest absolute Gasteiger partial charge is 0.493 e. The van der Waals surface area contributed by atoms with Crippen molar-refractivity contribution in [2.75, 3.05) is 13.2 Å². The maximum Gasteiger partial charge on any atom is 0.119 e. The lowest BCUT2D eigenvalue weighted by Crippen LogP contribution is -2.12. The van der Waals surface area contributed by atoms with Crippen molar-refractivity contribution in [2.24, 2.45) is 5.92 Å². The van der Waals surface area contributed by atoms with Crippen molar-refractivity contribution in [3.8, 4) is 17.0 Å². The van der Waals surface area contributed by atoms with E-state index < -0.39 is 0 Å². The molecule has 4 heteroatoms. The number of nitrogens with zero attached hydrogens (tertiary/aromatic N) is 1. The van der Waals surface area contributed by atoms with Gasteiger partial charge in [-0.15, -0.1) is 0 Å². The fraction of sp³-hybridized carbons (Fsp3) is 0.471. The first-order valence-electron chi connectivity index (χ1n) is 7.59. The molecule has 0 saturated carbocycles. The predicted molar refractivity (Wildman–Crippen MR) is 86.5 cm³/mol. The number of nitrogens with one attached hydrogen (secondary N) is 2. The van der Waals surface area contributed by atoms with Crippen molar-refractivity contribution in [1.82, 2.24) is 15.5 Å². The van der Waals surface area contributed by atoms with E-state index in [1.165, 1.54) is 5.56 Å². The highest BCUT2D eigenvalue weighted by molar-refractivity contribution is 5.64. The molecule has 0 aliphatic rings. The van der Waals surface area contributed by atoms with E-state index in [4.69, 9.17) is 4.74 Å². The Labute approximate surface area is 126 Å². The minimum absolute atomic E-state index is 0.533. The molecule has 4 nitrogen and oxygen atoms in total. The lowest BCUT2D eigenvalue weighted by Gasteiger charge is -2.09. The van der Waals surface area contributed by atoms with E-state index in [-0.39, 0.29) is 0 Å². The van der Waals surface area contributed by atoms with Crippen LogP contribution in [0.2, 0.25) is 0 Å². The summed E-state index contributed by atoms with van der Waals surface area (Å²) in [5.74, 6) is 1.44. The van der Waals surface area contributed by atoms with Gasteiger partial charge >= 0.3 is 0 Å². The van der Waals surface area contributed by atoms with Gasteiger partial charge in [0.25, 0.3) is 0 Å². The second-order valence-electron chi connectivity index (χ2n) is 5.69. The van der Waals surface area contributed by atoms with Crippen LogP contribution in [0, 0.1) is 12.8 Å². The number of hydrogen-bond acceptors (Lipinski definition) is 3. The number of benzene rings is 1. The van der Waals surface area contributed by atoms with Gasteiger partial charge in [-0.05, 0) is 43.7 Å². The SMILES string of the molecule is CCNCc1c(-c2ccc(OCC(C)C)cc2)n[nH]c1C. The zero-order valence-corrected chi connectivity index (χ0v) is 13.4. The first-order chi connectivity index (χ1) is 10.1. The van der Waals surface area contributed by atoms with Crippen molar-refractivity contribution >= 4 is 0 Å². The van der Waals surface area contributed by atoms with Gasteiger partial charge in [0.15, 0.2) is 0 Å². The van der Waals surface area contributed by atoms with E-state index in [0.29, 0.717) is 5.92 Å². The monoisotopic (exact) mass is 287 g/mol. The molecule has 0 spiro atoms. The van der Waals surface area contributed by atoms with Crippen molar-refractivity contribution in [3.05, 3.63) is 35.5 Å². The molecule has 2 N–H and O–H groups in total. The van der Waals surface area contributed by atoms with E-state index in [1.807, 2.05) is 12.1 Å². The molecule has 1 aromatic heterocycles. The average molecular weight is 287 g/mol. The molecule has 0 radical (unpaired) electrons. The predicted octanol–water partition coefficient (Wildman–Crippen LogP) is 3.53. The van der Waals surface area contributed by atoms with E-state index in [2.05, 4.69) is 55.3 Å². The van der Waals surface area contributed by atoms with Gasteiger partial charge in [-0.2, -0.15) is 5.10 Å². The van der Waals surface area contributed by atoms with Crippen LogP contribution in [0.15, 0.2) is 24.3 Å². The molecule has 2 rings (SSSR count). The molecule has 0 amide bonds. The summed E-state index contributed by atoms with van der Waals surface area (Å²) < 4.78 is 5.72. The number of H-pyrrole nitrogens is 1. The van der Waals surface area contributed by atoms with E-state index in [0.717, 1.165) is 42.4 Å². The fourth-order valence-corrected chi connectivity index (χ4v) is 2.13. The molecule has 0 aliphatic carbocycles. The molecule has 0 unspecified atom stereocenters. The lowest BCUT2D eigenvalue weighted by molar-refractivity contribution is 0.271. The maximum absolute atomic E-state index is 5.72. The van der Waals surface area contributed by atoms with E-state index >= 15 is 0 Å². The first kappa shape index (κ1) is 15.6. The topological polar surface area (TPSA) is 49.9 Å². The summed E-state index contributed by atoms with van der Waals surface area (Å²) in [5, 5.41) is 10.9. The van der Waals surface area contributed by atoms with Crippen LogP contribution in [0.25, 0.3) is 11.3 Å². The maximum atomic E-state index is 5.72. The summed E-state index contributed by atoms with van der Waals surface area (Å²) >= 11 is 0. The highest BCUT2D eigenvalue weighted by atomic mass is 16.5. The van der Waals surface area contributed by atoms with Crippen molar-refractivity contribution in [2.45, 2.75) is 34.2 Å². The third-order valence-electron chi connectivity index (χ3n) is 3.34. The van der Waals surface area contributed by atoms with Gasteiger partial charge in [-0.1, -0.05) is 20.8 Å². The van der Waals surface area contributed by atoms with Gasteiger partial charge in [-0.25, -0.2) is 0 Å². The zero-order chi connectivity index (χ0) is 15.2. The number of aromatic nitrogens is 2. The lowest BCUT2D eigenvalue weighted by atomic mass is 10.1. The highest BCUT2D eigenvalue weighted by Gasteiger charge is 2.11. The molecule has 1 heterocycles. The summed E-state index contributed by atoms with van der Waals surface area (Å²) in [6.07, 6.45) is 0. The number of aromatic amines is 1. The van der Waals surface area contributed by atoms with E-state index in [9.17, 15) is 0 Å². The summed E-state index contributed by atoms with van der Waals surface area (Å²) in [6.45, 7) is 11.0. The summed E-state index contributed by atoms with van der Waals surface area (Å²) in [4.78, 5) is 0. The Morgan fingerprint density at radius 1 is 1.24 bits per heavy atom. The van der Waals surface area contributed by atoms with Crippen LogP contribution < -0.4 is 10.1 Å². The van der Waals surface area contributed by atoms with Crippen molar-refractivity contribution in [1.29, 1.82) is 0 Å². The van der Waals surface area contributed by atoms with Gasteiger partial charge in [0, 0.05) is 23.4 Å². The van der Waals surface area contributed by atoms with Crippen LogP contribution in [-0.2, 0) is 6.54 Å². The average Bonchev–Trinajstić information content (AvgIpc) is 2.84. The standard InChI is InChI=1S/C17H25N3O/c1-5-18-10-16-13(4)19-20-17(16)14-6-8-15(9-7-14)21-11-12(2)3/h6-9,12,18H,5,10-11H2,1-4H3,(H,19,20). The van der Waals surface area contributed by atoms with Crippen molar-refractivity contribution in [3.63, 3.8) is 0 Å². The van der Waals surface area contributed by atoms with Crippen molar-refractivity contribution < 1.29 is 4.74 Å². The minimum Gasteiger partial charge on any atom is -0.493 e. The van der Waals surface area contributed by atoms with Gasteiger partial charge < -0.3 is 10.1 Å². The molecule has 2 aromatic rings. The Morgan fingerprint density at radius 3 is 2.57 bits per heavy atom. The zero-order valence-electron chi connectivity index (χ0n) is 13.4. The Hall–Kier alpha value is -1.81. The van der Waals surface area contributed by atoms with Crippen LogP contribution in [0.4, 0.5) is 0 Å². The molecule has 1 aromatic carbocycles. The van der Waals surface area contributed by atoms with Crippen LogP contribution in [0.1, 0.15) is 32.0 Å². The quantitative estimate of drug-likeness (QED) is 0.819. The first-order valence-corrected chi connectivity index (χ1v) is 7.59. The second kappa shape index (κ2) is 7.27. The number of ether oxygens (including phenoxy) is 1. The Kier molecular flexibility index (Phi) is 5.39. The Bertz CT molecular complexity index is 558. The number of hydrogen-bond donors (Lipinski definition) is 2. The van der Waals surface area contributed by atoms with Gasteiger partial charge in [-0.3, -0.25) is 5.10 Å². The third-order valence-corrected chi connectivity index (χ3v) is 3.34. The highest BCUT2D eigenvalue weighted by Crippen LogP contribution is 2.25. The normalized spacial score (nSPS) is 11.1. The number of rotatable bonds is 7. The van der Waals surface area contributed by atoms with Gasteiger partial charge in [0.1, 0.15) is 5.75 Å². The smallest absolute Gasteiger partial charge is 0.119 e. The molecule has 0 bridgehead atoms. The summed E-state index contributed by atoms with van der Waals surface area (Å²) in [5.41, 5.74) is 4.48. The van der Waals surface area contributed by atoms with Crippen LogP contribution in [-0.4, -0.2) is 23.3 Å². The van der Waals surface area contributed by atoms with E-state index in [1.54, 1.807) is 0 Å². The third kappa shape index (κ3) is 4.08. The summed E-state index contributed by atoms with van der Waals surface area (Å²) in [7, 11) is 0. The summed E-state index contributed by atoms with van der Waals surface area (Å²) in [6, 6.07) is 8.17. The molecule has 0 saturated heterocycles. The van der Waals surface area contributed by atoms with Crippen LogP contribution in [0.3, 0.4) is 0 Å². The molecule has 21 heavy (non-hydrogen) atoms. The molecular weight excluding hydrogens is 262 g/mol. The minimum atomic E-state index is 0.533. The second-order valence-corrected chi connectivity index (χ2v) is 5.69. The molecule has 0 fully saturated rings. The van der Waals surface area contributed by atoms with Crippen LogP contribution >= 0.6 is 0 Å². The van der Waals surface area contributed by atoms with Gasteiger partial charge in [0.05, 0.1) is 12.3 Å². The molecular formula is C17H25N3O. The van der Waals surface area contributed by atoms with Gasteiger partial charge in [0.2, 0.25) is 0 Å². The molecule has 0 atom stereocenters. The Balaban J connectivity index is 2.15. The molecule has 0 aliphatic heterocycles. The molecule has 114 valence electrons. The fourth-order valence-electron chi connectivity index (χ4n) is 2.13. The number of aryl methyl sites for hydroxylation is 1. The Morgan fingerprint density at radius 2 is 1.95 bits per heavy atom. The van der Waals surface area contributed by atoms with Crippen LogP contribution in [0.5, 0.6) is 5.75 Å².